The van der Waals surface area contributed by atoms with Crippen molar-refractivity contribution in [1.82, 2.24) is 15.2 Å². The third-order valence-corrected chi connectivity index (χ3v) is 8.70. The van der Waals surface area contributed by atoms with E-state index in [2.05, 4.69) is 10.3 Å². The van der Waals surface area contributed by atoms with E-state index >= 15 is 0 Å². The molecule has 0 unspecified atom stereocenters. The maximum atomic E-state index is 13.7. The summed E-state index contributed by atoms with van der Waals surface area (Å²) in [5.41, 5.74) is 3.61. The van der Waals surface area contributed by atoms with Gasteiger partial charge in [0.25, 0.3) is 11.8 Å². The number of carbonyl (C=O) groups excluding carboxylic acids is 2. The van der Waals surface area contributed by atoms with Crippen molar-refractivity contribution in [3.05, 3.63) is 82.4 Å². The molecular formula is C31H28F2N4O4S. The summed E-state index contributed by atoms with van der Waals surface area (Å²) < 4.78 is 34.2. The van der Waals surface area contributed by atoms with E-state index in [0.717, 1.165) is 24.1 Å². The van der Waals surface area contributed by atoms with Gasteiger partial charge in [-0.2, -0.15) is 0 Å². The number of halogens is 2. The second-order valence-corrected chi connectivity index (χ2v) is 11.2. The molecule has 0 aliphatic carbocycles. The van der Waals surface area contributed by atoms with E-state index < -0.39 is 5.82 Å². The zero-order chi connectivity index (χ0) is 29.5. The molecule has 3 heterocycles. The highest BCUT2D eigenvalue weighted by Gasteiger charge is 2.31. The lowest BCUT2D eigenvalue weighted by atomic mass is 9.88. The molecule has 1 fully saturated rings. The zero-order valence-corrected chi connectivity index (χ0v) is 24.1. The first-order chi connectivity index (χ1) is 20.3. The number of nitrogens with one attached hydrogen (secondary N) is 1. The van der Waals surface area contributed by atoms with Gasteiger partial charge < -0.3 is 14.6 Å². The predicted molar refractivity (Wildman–Crippen MR) is 158 cm³/mol. The Kier molecular flexibility index (Phi) is 7.38. The fraction of sp³-hybridized carbons (Fsp3) is 0.258. The summed E-state index contributed by atoms with van der Waals surface area (Å²) in [6.07, 6.45) is 1.57. The van der Waals surface area contributed by atoms with Gasteiger partial charge in [-0.05, 0) is 66.9 Å². The maximum Gasteiger partial charge on any atom is 0.282 e. The third-order valence-electron chi connectivity index (χ3n) is 7.69. The lowest BCUT2D eigenvalue weighted by molar-refractivity contribution is 0.0706. The van der Waals surface area contributed by atoms with E-state index in [9.17, 15) is 18.4 Å². The average molecular weight is 591 g/mol. The van der Waals surface area contributed by atoms with Gasteiger partial charge in [0.15, 0.2) is 5.01 Å². The summed E-state index contributed by atoms with van der Waals surface area (Å²) in [7, 11) is 4.88. The molecule has 1 saturated heterocycles. The van der Waals surface area contributed by atoms with Gasteiger partial charge in [-0.3, -0.25) is 19.5 Å². The number of hydroxylamine groups is 1. The molecule has 5 aromatic rings. The maximum absolute atomic E-state index is 13.7. The Labute approximate surface area is 244 Å². The van der Waals surface area contributed by atoms with Crippen LogP contribution in [0, 0.1) is 11.6 Å². The van der Waals surface area contributed by atoms with Gasteiger partial charge >= 0.3 is 0 Å². The summed E-state index contributed by atoms with van der Waals surface area (Å²) in [5, 5.41) is 5.24. The quantitative estimate of drug-likeness (QED) is 0.232. The molecule has 0 radical (unpaired) electrons. The number of hydrogen-bond acceptors (Lipinski definition) is 7. The van der Waals surface area contributed by atoms with Crippen LogP contribution >= 0.6 is 11.3 Å². The molecule has 2 aromatic heterocycles. The van der Waals surface area contributed by atoms with E-state index in [4.69, 9.17) is 9.25 Å². The highest BCUT2D eigenvalue weighted by molar-refractivity contribution is 7.20. The lowest BCUT2D eigenvalue weighted by Gasteiger charge is -2.34. The molecular weight excluding hydrogens is 562 g/mol. The molecule has 1 aliphatic heterocycles. The number of fused-ring (bicyclic) bond motifs is 2. The highest BCUT2D eigenvalue weighted by atomic mass is 32.1. The summed E-state index contributed by atoms with van der Waals surface area (Å²) in [5.74, 6) is -1.03. The fourth-order valence-corrected chi connectivity index (χ4v) is 6.50. The molecule has 42 heavy (non-hydrogen) atoms. The number of benzene rings is 3. The van der Waals surface area contributed by atoms with Crippen molar-refractivity contribution in [3.63, 3.8) is 0 Å². The number of anilines is 1. The van der Waals surface area contributed by atoms with E-state index in [1.807, 2.05) is 12.1 Å². The summed E-state index contributed by atoms with van der Waals surface area (Å²) in [6.45, 7) is 0.998. The van der Waals surface area contributed by atoms with Crippen LogP contribution in [0.2, 0.25) is 0 Å². The Bertz CT molecular complexity index is 1820. The molecule has 1 atom stereocenters. The van der Waals surface area contributed by atoms with Crippen molar-refractivity contribution in [2.75, 3.05) is 39.4 Å². The number of amides is 2. The minimum Gasteiger partial charge on any atom is -0.455 e. The average Bonchev–Trinajstić information content (AvgIpc) is 3.60. The molecule has 0 saturated carbocycles. The number of likely N-dealkylation sites (tertiary alicyclic amines) is 1. The lowest BCUT2D eigenvalue weighted by Crippen LogP contribution is -2.39. The summed E-state index contributed by atoms with van der Waals surface area (Å²) in [4.78, 5) is 38.5. The zero-order valence-electron chi connectivity index (χ0n) is 23.2. The summed E-state index contributed by atoms with van der Waals surface area (Å²) in [6, 6.07) is 13.8. The number of piperidine rings is 1. The minimum absolute atomic E-state index is 0.0757. The molecule has 6 rings (SSSR count). The number of thiazole rings is 1. The van der Waals surface area contributed by atoms with E-state index in [0.29, 0.717) is 56.2 Å². The Morgan fingerprint density at radius 1 is 1.12 bits per heavy atom. The van der Waals surface area contributed by atoms with Gasteiger partial charge in [0.2, 0.25) is 0 Å². The van der Waals surface area contributed by atoms with Crippen molar-refractivity contribution in [2.45, 2.75) is 18.8 Å². The Balaban J connectivity index is 1.41. The molecule has 0 spiro atoms. The standard InChI is InChI=1S/C31H28F2N4O4S/c1-34-29(38)27-22-14-21(24(36(2)40-3)15-25(22)41-28(27)17-6-8-19(32)9-7-17)18-5-4-12-37(16-18)31(39)30-35-23-11-10-20(33)13-26(23)42-30/h6-11,13-15,18H,4-5,12,16H2,1-3H3,(H,34,38)/t18-/m0/s1. The Morgan fingerprint density at radius 3 is 2.62 bits per heavy atom. The predicted octanol–water partition coefficient (Wildman–Crippen LogP) is 6.36. The molecule has 3 aromatic carbocycles. The topological polar surface area (TPSA) is 87.9 Å². The van der Waals surface area contributed by atoms with Gasteiger partial charge in [-0.15, -0.1) is 11.3 Å². The number of hydrogen-bond donors (Lipinski definition) is 1. The number of nitrogens with zero attached hydrogens (tertiary/aromatic N) is 3. The monoisotopic (exact) mass is 590 g/mol. The Morgan fingerprint density at radius 2 is 1.88 bits per heavy atom. The normalized spacial score (nSPS) is 15.4. The SMILES string of the molecule is CNC(=O)c1c(-c2ccc(F)cc2)oc2cc(N(C)OC)c([C@H]3CCCN(C(=O)c4nc5ccc(F)cc5s4)C3)cc12. The van der Waals surface area contributed by atoms with Crippen LogP contribution in [-0.4, -0.2) is 56.0 Å². The molecule has 1 aliphatic rings. The number of aromatic nitrogens is 1. The van der Waals surface area contributed by atoms with Gasteiger partial charge in [0, 0.05) is 50.1 Å². The fourth-order valence-electron chi connectivity index (χ4n) is 5.54. The largest absolute Gasteiger partial charge is 0.455 e. The Hall–Kier alpha value is -4.35. The van der Waals surface area contributed by atoms with Crippen LogP contribution in [0.5, 0.6) is 0 Å². The van der Waals surface area contributed by atoms with Gasteiger partial charge in [0.05, 0.1) is 28.6 Å². The highest BCUT2D eigenvalue weighted by Crippen LogP contribution is 2.41. The second-order valence-electron chi connectivity index (χ2n) is 10.2. The smallest absolute Gasteiger partial charge is 0.282 e. The third kappa shape index (κ3) is 4.99. The van der Waals surface area contributed by atoms with Crippen LogP contribution in [0.1, 0.15) is 44.5 Å². The number of furan rings is 1. The van der Waals surface area contributed by atoms with Gasteiger partial charge in [-0.1, -0.05) is 0 Å². The second kappa shape index (κ2) is 11.1. The first-order valence-corrected chi connectivity index (χ1v) is 14.3. The van der Waals surface area contributed by atoms with E-state index in [1.54, 1.807) is 49.4 Å². The van der Waals surface area contributed by atoms with Crippen molar-refractivity contribution in [3.8, 4) is 11.3 Å². The van der Waals surface area contributed by atoms with Crippen molar-refractivity contribution in [2.24, 2.45) is 0 Å². The first kappa shape index (κ1) is 27.8. The van der Waals surface area contributed by atoms with Crippen LogP contribution in [0.3, 0.4) is 0 Å². The van der Waals surface area contributed by atoms with Crippen LogP contribution in [-0.2, 0) is 4.84 Å². The van der Waals surface area contributed by atoms with Crippen molar-refractivity contribution < 1.29 is 27.6 Å². The molecule has 11 heteroatoms. The minimum atomic E-state index is -0.392. The number of carbonyl (C=O) groups is 2. The van der Waals surface area contributed by atoms with Crippen molar-refractivity contribution >= 4 is 50.0 Å². The van der Waals surface area contributed by atoms with Crippen LogP contribution in [0.25, 0.3) is 32.5 Å². The van der Waals surface area contributed by atoms with E-state index in [1.165, 1.54) is 35.6 Å². The van der Waals surface area contributed by atoms with Crippen LogP contribution < -0.4 is 10.4 Å². The van der Waals surface area contributed by atoms with E-state index in [-0.39, 0.29) is 23.5 Å². The molecule has 8 nitrogen and oxygen atoms in total. The van der Waals surface area contributed by atoms with Crippen molar-refractivity contribution in [1.29, 1.82) is 0 Å². The molecule has 216 valence electrons. The number of rotatable bonds is 6. The van der Waals surface area contributed by atoms with Gasteiger partial charge in [0.1, 0.15) is 23.0 Å². The summed E-state index contributed by atoms with van der Waals surface area (Å²) >= 11 is 1.18. The first-order valence-electron chi connectivity index (χ1n) is 13.5. The molecule has 0 bridgehead atoms. The molecule has 1 N–H and O–H groups in total. The van der Waals surface area contributed by atoms with Crippen LogP contribution in [0.15, 0.2) is 59.0 Å². The molecule has 2 amide bonds. The van der Waals surface area contributed by atoms with Crippen LogP contribution in [0.4, 0.5) is 14.5 Å². The van der Waals surface area contributed by atoms with Gasteiger partial charge in [-0.25, -0.2) is 13.8 Å².